The summed E-state index contributed by atoms with van der Waals surface area (Å²) in [5.41, 5.74) is 2.79. The van der Waals surface area contributed by atoms with Crippen LogP contribution in [-0.4, -0.2) is 23.3 Å². The zero-order valence-corrected chi connectivity index (χ0v) is 17.6. The summed E-state index contributed by atoms with van der Waals surface area (Å²) >= 11 is 7.37. The van der Waals surface area contributed by atoms with Gasteiger partial charge in [-0.3, -0.25) is 9.59 Å². The van der Waals surface area contributed by atoms with E-state index in [1.54, 1.807) is 23.6 Å². The van der Waals surface area contributed by atoms with Crippen LogP contribution in [-0.2, 0) is 11.4 Å². The first-order valence-corrected chi connectivity index (χ1v) is 10.1. The zero-order chi connectivity index (χ0) is 20.8. The average molecular weight is 430 g/mol. The topological polar surface area (TPSA) is 80.3 Å². The van der Waals surface area contributed by atoms with E-state index < -0.39 is 5.91 Å². The molecule has 8 heteroatoms. The Bertz CT molecular complexity index is 1020. The van der Waals surface area contributed by atoms with Crippen LogP contribution in [0, 0.1) is 13.8 Å². The third-order valence-electron chi connectivity index (χ3n) is 4.12. The molecule has 3 aromatic rings. The number of hydrogen-bond acceptors (Lipinski definition) is 5. The van der Waals surface area contributed by atoms with E-state index >= 15 is 0 Å². The summed E-state index contributed by atoms with van der Waals surface area (Å²) in [6, 6.07) is 12.9. The van der Waals surface area contributed by atoms with Crippen LogP contribution < -0.4 is 15.4 Å². The molecule has 0 atom stereocenters. The molecule has 0 aliphatic carbocycles. The normalized spacial score (nSPS) is 10.4. The van der Waals surface area contributed by atoms with Crippen molar-refractivity contribution in [1.82, 2.24) is 10.3 Å². The number of aryl methyl sites for hydroxylation is 1. The van der Waals surface area contributed by atoms with Crippen molar-refractivity contribution in [1.29, 1.82) is 0 Å². The number of nitrogens with one attached hydrogen (secondary N) is 2. The average Bonchev–Trinajstić information content (AvgIpc) is 3.18. The molecule has 0 aliphatic rings. The summed E-state index contributed by atoms with van der Waals surface area (Å²) in [5.74, 6) is -0.0209. The number of halogens is 1. The molecule has 0 fully saturated rings. The number of aromatic nitrogens is 1. The van der Waals surface area contributed by atoms with Crippen LogP contribution in [0.1, 0.15) is 26.6 Å². The van der Waals surface area contributed by atoms with Gasteiger partial charge in [-0.15, -0.1) is 11.3 Å². The highest BCUT2D eigenvalue weighted by Gasteiger charge is 2.13. The lowest BCUT2D eigenvalue weighted by atomic mass is 10.2. The largest absolute Gasteiger partial charge is 0.486 e. The Morgan fingerprint density at radius 3 is 2.66 bits per heavy atom. The summed E-state index contributed by atoms with van der Waals surface area (Å²) in [6.07, 6.45) is 0. The van der Waals surface area contributed by atoms with Gasteiger partial charge in [-0.25, -0.2) is 4.98 Å². The van der Waals surface area contributed by atoms with Gasteiger partial charge in [0.05, 0.1) is 6.54 Å². The molecule has 0 unspecified atom stereocenters. The molecule has 150 valence electrons. The van der Waals surface area contributed by atoms with Crippen molar-refractivity contribution < 1.29 is 14.3 Å². The molecule has 1 aromatic heterocycles. The second-order valence-electron chi connectivity index (χ2n) is 6.37. The minimum atomic E-state index is -0.416. The van der Waals surface area contributed by atoms with Gasteiger partial charge < -0.3 is 15.4 Å². The van der Waals surface area contributed by atoms with Crippen LogP contribution in [0.15, 0.2) is 47.8 Å². The molecule has 0 aliphatic heterocycles. The maximum Gasteiger partial charge on any atom is 0.271 e. The number of benzene rings is 2. The molecule has 2 amide bonds. The van der Waals surface area contributed by atoms with Crippen LogP contribution in [0.3, 0.4) is 0 Å². The van der Waals surface area contributed by atoms with Crippen LogP contribution in [0.25, 0.3) is 0 Å². The van der Waals surface area contributed by atoms with Crippen LogP contribution >= 0.6 is 22.9 Å². The lowest BCUT2D eigenvalue weighted by Gasteiger charge is -2.09. The van der Waals surface area contributed by atoms with Gasteiger partial charge in [-0.05, 0) is 43.7 Å². The van der Waals surface area contributed by atoms with Gasteiger partial charge in [0, 0.05) is 16.1 Å². The van der Waals surface area contributed by atoms with E-state index in [-0.39, 0.29) is 24.8 Å². The van der Waals surface area contributed by atoms with E-state index in [4.69, 9.17) is 16.3 Å². The first-order chi connectivity index (χ1) is 13.9. The summed E-state index contributed by atoms with van der Waals surface area (Å²) in [6.45, 7) is 3.92. The smallest absolute Gasteiger partial charge is 0.271 e. The van der Waals surface area contributed by atoms with Crippen molar-refractivity contribution in [3.63, 3.8) is 0 Å². The van der Waals surface area contributed by atoms with Crippen molar-refractivity contribution >= 4 is 40.4 Å². The number of carbonyl (C=O) groups excluding carboxylic acids is 2. The molecular weight excluding hydrogens is 410 g/mol. The van der Waals surface area contributed by atoms with Gasteiger partial charge in [0.15, 0.2) is 0 Å². The minimum Gasteiger partial charge on any atom is -0.486 e. The SMILES string of the molecule is Cc1ccc(OCc2nc(C(=O)NCC(=O)Nc3cccc(Cl)c3C)cs2)cc1. The van der Waals surface area contributed by atoms with E-state index in [1.807, 2.05) is 38.1 Å². The molecule has 1 heterocycles. The lowest BCUT2D eigenvalue weighted by Crippen LogP contribution is -2.33. The van der Waals surface area contributed by atoms with Gasteiger partial charge in [0.25, 0.3) is 5.91 Å². The van der Waals surface area contributed by atoms with Crippen molar-refractivity contribution in [3.05, 3.63) is 74.7 Å². The van der Waals surface area contributed by atoms with Crippen LogP contribution in [0.2, 0.25) is 5.02 Å². The number of hydrogen-bond donors (Lipinski definition) is 2. The van der Waals surface area contributed by atoms with Gasteiger partial charge in [-0.2, -0.15) is 0 Å². The Kier molecular flexibility index (Phi) is 6.85. The molecule has 0 radical (unpaired) electrons. The predicted octanol–water partition coefficient (Wildman–Crippen LogP) is 4.36. The number of anilines is 1. The minimum absolute atomic E-state index is 0.169. The molecule has 2 aromatic carbocycles. The van der Waals surface area contributed by atoms with Crippen molar-refractivity contribution in [2.75, 3.05) is 11.9 Å². The monoisotopic (exact) mass is 429 g/mol. The van der Waals surface area contributed by atoms with Crippen molar-refractivity contribution in [2.24, 2.45) is 0 Å². The van der Waals surface area contributed by atoms with Gasteiger partial charge >= 0.3 is 0 Å². The Morgan fingerprint density at radius 1 is 1.14 bits per heavy atom. The summed E-state index contributed by atoms with van der Waals surface area (Å²) < 4.78 is 5.67. The third kappa shape index (κ3) is 5.79. The molecule has 2 N–H and O–H groups in total. The molecular formula is C21H20ClN3O3S. The van der Waals surface area contributed by atoms with Crippen LogP contribution in [0.4, 0.5) is 5.69 Å². The molecule has 0 saturated carbocycles. The number of nitrogens with zero attached hydrogens (tertiary/aromatic N) is 1. The highest BCUT2D eigenvalue weighted by Crippen LogP contribution is 2.22. The van der Waals surface area contributed by atoms with E-state index in [0.29, 0.717) is 15.7 Å². The van der Waals surface area contributed by atoms with Gasteiger partial charge in [0.1, 0.15) is 23.1 Å². The fourth-order valence-corrected chi connectivity index (χ4v) is 3.31. The quantitative estimate of drug-likeness (QED) is 0.584. The lowest BCUT2D eigenvalue weighted by molar-refractivity contribution is -0.115. The summed E-state index contributed by atoms with van der Waals surface area (Å²) in [5, 5.41) is 8.18. The first kappa shape index (κ1) is 20.8. The number of carbonyl (C=O) groups is 2. The van der Waals surface area contributed by atoms with Crippen molar-refractivity contribution in [3.8, 4) is 5.75 Å². The predicted molar refractivity (Wildman–Crippen MR) is 115 cm³/mol. The first-order valence-electron chi connectivity index (χ1n) is 8.89. The standard InChI is InChI=1S/C21H20ClN3O3S/c1-13-6-8-15(9-7-13)28-11-20-25-18(12-29-20)21(27)23-10-19(26)24-17-5-3-4-16(22)14(17)2/h3-9,12H,10-11H2,1-2H3,(H,23,27)(H,24,26). The Morgan fingerprint density at radius 2 is 1.90 bits per heavy atom. The Labute approximate surface area is 177 Å². The zero-order valence-electron chi connectivity index (χ0n) is 16.0. The van der Waals surface area contributed by atoms with E-state index in [0.717, 1.165) is 16.9 Å². The number of amides is 2. The second kappa shape index (κ2) is 9.54. The number of rotatable bonds is 7. The highest BCUT2D eigenvalue weighted by molar-refractivity contribution is 7.09. The van der Waals surface area contributed by atoms with Gasteiger partial charge in [0.2, 0.25) is 5.91 Å². The molecule has 0 bridgehead atoms. The molecule has 6 nitrogen and oxygen atoms in total. The number of ether oxygens (including phenoxy) is 1. The van der Waals surface area contributed by atoms with E-state index in [9.17, 15) is 9.59 Å². The highest BCUT2D eigenvalue weighted by atomic mass is 35.5. The second-order valence-corrected chi connectivity index (χ2v) is 7.72. The molecule has 0 saturated heterocycles. The summed E-state index contributed by atoms with van der Waals surface area (Å²) in [7, 11) is 0. The Hall–Kier alpha value is -2.90. The van der Waals surface area contributed by atoms with Crippen molar-refractivity contribution in [2.45, 2.75) is 20.5 Å². The maximum atomic E-state index is 12.2. The third-order valence-corrected chi connectivity index (χ3v) is 5.35. The van der Waals surface area contributed by atoms with E-state index in [1.165, 1.54) is 11.3 Å². The molecule has 3 rings (SSSR count). The Balaban J connectivity index is 1.49. The fraction of sp³-hybridized carbons (Fsp3) is 0.190. The van der Waals surface area contributed by atoms with Gasteiger partial charge in [-0.1, -0.05) is 35.4 Å². The molecule has 0 spiro atoms. The fourth-order valence-electron chi connectivity index (χ4n) is 2.45. The number of thiazole rings is 1. The van der Waals surface area contributed by atoms with E-state index in [2.05, 4.69) is 15.6 Å². The van der Waals surface area contributed by atoms with Crippen LogP contribution in [0.5, 0.6) is 5.75 Å². The molecule has 29 heavy (non-hydrogen) atoms. The maximum absolute atomic E-state index is 12.2. The summed E-state index contributed by atoms with van der Waals surface area (Å²) in [4.78, 5) is 28.6.